The molecule has 1 aliphatic heterocycles. The van der Waals surface area contributed by atoms with Gasteiger partial charge in [0.1, 0.15) is 6.04 Å². The first-order valence-corrected chi connectivity index (χ1v) is 10.8. The molecule has 0 radical (unpaired) electrons. The third-order valence-corrected chi connectivity index (χ3v) is 6.07. The number of carbonyl (C=O) groups is 1. The minimum atomic E-state index is -0.409. The first-order valence-electron chi connectivity index (χ1n) is 9.55. The molecule has 0 fully saturated rings. The van der Waals surface area contributed by atoms with Crippen molar-refractivity contribution in [3.8, 4) is 11.4 Å². The SMILES string of the molecule is CC1=C(C(=O)Nc2cccnc2)C(c2cccs2)n2nc(-c3cccc(Cl)c3)nc2N1. The van der Waals surface area contributed by atoms with Crippen LogP contribution < -0.4 is 10.6 Å². The minimum Gasteiger partial charge on any atom is -0.328 e. The van der Waals surface area contributed by atoms with E-state index in [1.807, 2.05) is 42.6 Å². The lowest BCUT2D eigenvalue weighted by Gasteiger charge is -2.27. The fourth-order valence-corrected chi connectivity index (χ4v) is 4.55. The number of carbonyl (C=O) groups excluding carboxylic acids is 1. The summed E-state index contributed by atoms with van der Waals surface area (Å²) in [5.41, 5.74) is 2.72. The van der Waals surface area contributed by atoms with Crippen molar-refractivity contribution in [1.82, 2.24) is 19.7 Å². The van der Waals surface area contributed by atoms with E-state index in [1.54, 1.807) is 46.6 Å². The van der Waals surface area contributed by atoms with E-state index in [2.05, 4.69) is 20.6 Å². The zero-order chi connectivity index (χ0) is 21.4. The molecular formula is C22H17ClN6OS. The fraction of sp³-hybridized carbons (Fsp3) is 0.0909. The highest BCUT2D eigenvalue weighted by molar-refractivity contribution is 7.10. The molecular weight excluding hydrogens is 432 g/mol. The van der Waals surface area contributed by atoms with Crippen LogP contribution in [0.1, 0.15) is 17.8 Å². The summed E-state index contributed by atoms with van der Waals surface area (Å²) in [6.45, 7) is 1.87. The maximum atomic E-state index is 13.3. The summed E-state index contributed by atoms with van der Waals surface area (Å²) in [6, 6.07) is 14.5. The van der Waals surface area contributed by atoms with Gasteiger partial charge in [-0.05, 0) is 42.6 Å². The van der Waals surface area contributed by atoms with E-state index in [4.69, 9.17) is 16.7 Å². The van der Waals surface area contributed by atoms with Gasteiger partial charge < -0.3 is 10.6 Å². The summed E-state index contributed by atoms with van der Waals surface area (Å²) < 4.78 is 1.76. The number of nitrogens with zero attached hydrogens (tertiary/aromatic N) is 4. The molecule has 2 N–H and O–H groups in total. The van der Waals surface area contributed by atoms with Crippen molar-refractivity contribution in [2.24, 2.45) is 0 Å². The van der Waals surface area contributed by atoms with Crippen LogP contribution in [-0.4, -0.2) is 25.7 Å². The predicted octanol–water partition coefficient (Wildman–Crippen LogP) is 4.98. The van der Waals surface area contributed by atoms with Gasteiger partial charge in [0.15, 0.2) is 5.82 Å². The Balaban J connectivity index is 1.58. The summed E-state index contributed by atoms with van der Waals surface area (Å²) in [4.78, 5) is 23.0. The second kappa shape index (κ2) is 7.98. The van der Waals surface area contributed by atoms with E-state index < -0.39 is 6.04 Å². The van der Waals surface area contributed by atoms with Crippen molar-refractivity contribution in [2.45, 2.75) is 13.0 Å². The fourth-order valence-electron chi connectivity index (χ4n) is 3.54. The lowest BCUT2D eigenvalue weighted by Crippen LogP contribution is -2.31. The van der Waals surface area contributed by atoms with Crippen LogP contribution in [0.15, 0.2) is 77.6 Å². The van der Waals surface area contributed by atoms with E-state index in [9.17, 15) is 4.79 Å². The van der Waals surface area contributed by atoms with E-state index in [0.717, 1.165) is 16.1 Å². The first-order chi connectivity index (χ1) is 15.1. The summed E-state index contributed by atoms with van der Waals surface area (Å²) in [6.07, 6.45) is 3.28. The molecule has 3 aromatic heterocycles. The second-order valence-corrected chi connectivity index (χ2v) is 8.41. The molecule has 31 heavy (non-hydrogen) atoms. The molecule has 4 heterocycles. The van der Waals surface area contributed by atoms with Crippen LogP contribution in [0.4, 0.5) is 11.6 Å². The van der Waals surface area contributed by atoms with Crippen molar-refractivity contribution in [2.75, 3.05) is 10.6 Å². The third-order valence-electron chi connectivity index (χ3n) is 4.91. The Labute approximate surface area is 187 Å². The van der Waals surface area contributed by atoms with Gasteiger partial charge >= 0.3 is 0 Å². The van der Waals surface area contributed by atoms with Gasteiger partial charge in [-0.2, -0.15) is 4.98 Å². The van der Waals surface area contributed by atoms with Gasteiger partial charge in [-0.15, -0.1) is 16.4 Å². The quantitative estimate of drug-likeness (QED) is 0.459. The van der Waals surface area contributed by atoms with Crippen LogP contribution >= 0.6 is 22.9 Å². The number of hydrogen-bond donors (Lipinski definition) is 2. The molecule has 9 heteroatoms. The van der Waals surface area contributed by atoms with E-state index in [0.29, 0.717) is 28.1 Å². The molecule has 7 nitrogen and oxygen atoms in total. The number of benzene rings is 1. The predicted molar refractivity (Wildman–Crippen MR) is 122 cm³/mol. The van der Waals surface area contributed by atoms with Crippen LogP contribution in [0.2, 0.25) is 5.02 Å². The lowest BCUT2D eigenvalue weighted by molar-refractivity contribution is -0.113. The first kappa shape index (κ1) is 19.5. The number of nitrogens with one attached hydrogen (secondary N) is 2. The molecule has 1 atom stereocenters. The number of fused-ring (bicyclic) bond motifs is 1. The molecule has 0 aliphatic carbocycles. The zero-order valence-corrected chi connectivity index (χ0v) is 18.0. The number of anilines is 2. The molecule has 4 aromatic rings. The number of halogens is 1. The summed E-state index contributed by atoms with van der Waals surface area (Å²) >= 11 is 7.72. The van der Waals surface area contributed by atoms with E-state index in [-0.39, 0.29) is 5.91 Å². The van der Waals surface area contributed by atoms with Crippen molar-refractivity contribution < 1.29 is 4.79 Å². The number of pyridine rings is 1. The van der Waals surface area contributed by atoms with E-state index in [1.165, 1.54) is 0 Å². The zero-order valence-electron chi connectivity index (χ0n) is 16.4. The molecule has 0 saturated carbocycles. The molecule has 0 spiro atoms. The lowest BCUT2D eigenvalue weighted by atomic mass is 10.0. The Morgan fingerprint density at radius 2 is 2.13 bits per heavy atom. The Morgan fingerprint density at radius 1 is 1.23 bits per heavy atom. The smallest absolute Gasteiger partial charge is 0.255 e. The molecule has 1 aliphatic rings. The average molecular weight is 449 g/mol. The Morgan fingerprint density at radius 3 is 2.87 bits per heavy atom. The molecule has 0 bridgehead atoms. The molecule has 5 rings (SSSR count). The van der Waals surface area contributed by atoms with Crippen molar-refractivity contribution in [1.29, 1.82) is 0 Å². The molecule has 154 valence electrons. The Hall–Kier alpha value is -3.49. The second-order valence-electron chi connectivity index (χ2n) is 6.99. The largest absolute Gasteiger partial charge is 0.328 e. The van der Waals surface area contributed by atoms with Crippen LogP contribution in [0.5, 0.6) is 0 Å². The number of aromatic nitrogens is 4. The van der Waals surface area contributed by atoms with Gasteiger partial charge in [-0.3, -0.25) is 9.78 Å². The summed E-state index contributed by atoms with van der Waals surface area (Å²) in [7, 11) is 0. The molecule has 1 unspecified atom stereocenters. The normalized spacial score (nSPS) is 15.4. The maximum Gasteiger partial charge on any atom is 0.255 e. The van der Waals surface area contributed by atoms with Gasteiger partial charge in [-0.1, -0.05) is 29.8 Å². The average Bonchev–Trinajstić information content (AvgIpc) is 3.43. The molecule has 0 saturated heterocycles. The monoisotopic (exact) mass is 448 g/mol. The van der Waals surface area contributed by atoms with Crippen LogP contribution in [0, 0.1) is 0 Å². The molecule has 1 amide bonds. The van der Waals surface area contributed by atoms with Crippen LogP contribution in [0.3, 0.4) is 0 Å². The minimum absolute atomic E-state index is 0.221. The summed E-state index contributed by atoms with van der Waals surface area (Å²) in [5.74, 6) is 0.888. The number of allylic oxidation sites excluding steroid dienone is 1. The van der Waals surface area contributed by atoms with E-state index >= 15 is 0 Å². The topological polar surface area (TPSA) is 84.7 Å². The van der Waals surface area contributed by atoms with Crippen LogP contribution in [-0.2, 0) is 4.79 Å². The Bertz CT molecular complexity index is 1280. The van der Waals surface area contributed by atoms with Crippen molar-refractivity contribution in [3.63, 3.8) is 0 Å². The molecule has 1 aromatic carbocycles. The van der Waals surface area contributed by atoms with Crippen LogP contribution in [0.25, 0.3) is 11.4 Å². The highest BCUT2D eigenvalue weighted by Crippen LogP contribution is 2.38. The highest BCUT2D eigenvalue weighted by atomic mass is 35.5. The highest BCUT2D eigenvalue weighted by Gasteiger charge is 2.35. The van der Waals surface area contributed by atoms with Gasteiger partial charge in [0.2, 0.25) is 5.95 Å². The number of amides is 1. The number of thiophene rings is 1. The maximum absolute atomic E-state index is 13.3. The van der Waals surface area contributed by atoms with Crippen molar-refractivity contribution >= 4 is 40.5 Å². The Kier molecular flexibility index (Phi) is 5.01. The third kappa shape index (κ3) is 3.71. The standard InChI is InChI=1S/C22H17ClN6OS/c1-13-18(21(30)26-16-7-3-9-24-12-16)19(17-8-4-10-31-17)29-22(25-13)27-20(28-29)14-5-2-6-15(23)11-14/h2-12,19H,1H3,(H,26,30)(H,25,27,28). The summed E-state index contributed by atoms with van der Waals surface area (Å²) in [5, 5.41) is 13.5. The number of hydrogen-bond acceptors (Lipinski definition) is 6. The van der Waals surface area contributed by atoms with Crippen molar-refractivity contribution in [3.05, 3.63) is 87.5 Å². The number of rotatable bonds is 4. The van der Waals surface area contributed by atoms with Gasteiger partial charge in [0.05, 0.1) is 17.5 Å². The van der Waals surface area contributed by atoms with Gasteiger partial charge in [-0.25, -0.2) is 4.68 Å². The van der Waals surface area contributed by atoms with Gasteiger partial charge in [0, 0.05) is 27.4 Å². The van der Waals surface area contributed by atoms with Gasteiger partial charge in [0.25, 0.3) is 5.91 Å².